The lowest BCUT2D eigenvalue weighted by atomic mass is 10.1. The zero-order valence-corrected chi connectivity index (χ0v) is 32.6. The predicted octanol–water partition coefficient (Wildman–Crippen LogP) is 5.11. The van der Waals surface area contributed by atoms with Gasteiger partial charge in [0.25, 0.3) is 11.6 Å². The highest BCUT2D eigenvalue weighted by molar-refractivity contribution is 7.89. The molecular weight excluding hydrogens is 825 g/mol. The number of hydrogen-bond donors (Lipinski definition) is 6. The average molecular weight is 861 g/mol. The maximum atomic E-state index is 12.7. The molecular formula is C29H35Cl2F3N9O10PS. The molecule has 2 aromatic carbocycles. The number of nitrogens with two attached hydrogens (primary N) is 1. The number of hydrogen-bond acceptors (Lipinski definition) is 15. The monoisotopic (exact) mass is 859 g/mol. The Balaban J connectivity index is 0.000000471. The van der Waals surface area contributed by atoms with Gasteiger partial charge < -0.3 is 31.1 Å². The van der Waals surface area contributed by atoms with Crippen molar-refractivity contribution in [3.8, 4) is 17.6 Å². The Hall–Kier alpha value is -4.85. The van der Waals surface area contributed by atoms with Crippen LogP contribution in [-0.2, 0) is 25.6 Å². The van der Waals surface area contributed by atoms with Crippen LogP contribution in [0, 0.1) is 21.4 Å². The Labute approximate surface area is 322 Å². The molecule has 1 amide bonds. The molecule has 2 atom stereocenters. The number of aromatic nitrogens is 3. The molecule has 55 heavy (non-hydrogen) atoms. The fourth-order valence-corrected chi connectivity index (χ4v) is 5.07. The number of carboxylic acid groups (broad SMARTS) is 1. The average Bonchev–Trinajstić information content (AvgIpc) is 3.03. The molecule has 0 radical (unpaired) electrons. The van der Waals surface area contributed by atoms with Gasteiger partial charge in [0, 0.05) is 31.5 Å². The number of carboxylic acids is 1. The van der Waals surface area contributed by atoms with Crippen molar-refractivity contribution in [1.29, 1.82) is 5.26 Å². The molecule has 0 fully saturated rings. The number of benzene rings is 2. The number of ether oxygens (including phenoxy) is 1. The molecule has 1 aromatic heterocycles. The Morgan fingerprint density at radius 1 is 1.15 bits per heavy atom. The number of rotatable bonds is 13. The number of amides is 1. The minimum Gasteiger partial charge on any atom is -0.480 e. The Morgan fingerprint density at radius 3 is 2.22 bits per heavy atom. The molecule has 3 aromatic rings. The summed E-state index contributed by atoms with van der Waals surface area (Å²) >= 11 is 11.5. The van der Waals surface area contributed by atoms with Gasteiger partial charge in [-0.05, 0) is 63.1 Å². The second-order valence-electron chi connectivity index (χ2n) is 11.5. The lowest BCUT2D eigenvalue weighted by Gasteiger charge is -2.17. The molecule has 1 heterocycles. The summed E-state index contributed by atoms with van der Waals surface area (Å²) in [5, 5.41) is 33.7. The molecule has 0 spiro atoms. The normalized spacial score (nSPS) is 12.9. The largest absolute Gasteiger partial charge is 0.480 e. The standard InChI is InChI=1S/C15H10ClF3N2O6S.C9H13ClN6.C5H12NO4P/c1-28(25,26)20-14(22)10-7-9(3-4-12(10)21(23)24)27-13-5-2-8(6-11(13)16)15(17,18)19;1-4-12-7-13-6(10)14-8(15-7)16-9(2,3)5-11;1-11(9,10)3-2-4(6)5(7)8/h2-7H,1H3,(H,20,22);4H2,1-3H3,(H2,12,13,14,15,16);4H,2-3,6H2,1H3,(H,7,8)(H,9,10). The molecule has 19 nitrogen and oxygen atoms in total. The number of carbonyl (C=O) groups is 2. The number of nitriles is 1. The first-order valence-electron chi connectivity index (χ1n) is 15.0. The first kappa shape index (κ1) is 48.2. The van der Waals surface area contributed by atoms with Gasteiger partial charge in [-0.3, -0.25) is 24.3 Å². The maximum absolute atomic E-state index is 12.7. The van der Waals surface area contributed by atoms with E-state index < -0.39 is 73.8 Å². The Morgan fingerprint density at radius 2 is 1.75 bits per heavy atom. The highest BCUT2D eigenvalue weighted by Gasteiger charge is 2.31. The lowest BCUT2D eigenvalue weighted by molar-refractivity contribution is -0.385. The second kappa shape index (κ2) is 20.2. The predicted molar refractivity (Wildman–Crippen MR) is 195 cm³/mol. The van der Waals surface area contributed by atoms with Crippen LogP contribution in [0.4, 0.5) is 30.8 Å². The number of carbonyl (C=O) groups excluding carboxylic acids is 1. The molecule has 302 valence electrons. The summed E-state index contributed by atoms with van der Waals surface area (Å²) in [5.74, 6) is -2.15. The van der Waals surface area contributed by atoms with Crippen molar-refractivity contribution < 1.29 is 55.4 Å². The van der Waals surface area contributed by atoms with E-state index in [1.807, 2.05) is 6.92 Å². The summed E-state index contributed by atoms with van der Waals surface area (Å²) in [6, 6.07) is 6.14. The smallest absolute Gasteiger partial charge is 0.416 e. The van der Waals surface area contributed by atoms with Crippen LogP contribution in [0.25, 0.3) is 0 Å². The van der Waals surface area contributed by atoms with Crippen molar-refractivity contribution in [2.75, 3.05) is 36.3 Å². The summed E-state index contributed by atoms with van der Waals surface area (Å²) in [7, 11) is -7.10. The van der Waals surface area contributed by atoms with Crippen molar-refractivity contribution in [3.05, 3.63) is 67.9 Å². The molecule has 0 saturated heterocycles. The van der Waals surface area contributed by atoms with E-state index in [0.29, 0.717) is 30.9 Å². The molecule has 0 aliphatic rings. The SMILES string of the molecule is CCNc1nc(Cl)nc(NC(C)(C)C#N)n1.CP(=O)(O)CCC(N)C(=O)O.CS(=O)(=O)NC(=O)c1cc(Oc2ccc(C(F)(F)F)cc2Cl)ccc1[N+](=O)[O-]. The van der Waals surface area contributed by atoms with Crippen molar-refractivity contribution in [1.82, 2.24) is 19.7 Å². The number of nitro groups is 1. The Kier molecular flexibility index (Phi) is 17.7. The van der Waals surface area contributed by atoms with Gasteiger partial charge in [0.1, 0.15) is 28.6 Å². The molecule has 3 rings (SSSR count). The van der Waals surface area contributed by atoms with Gasteiger partial charge in [0.15, 0.2) is 7.37 Å². The van der Waals surface area contributed by atoms with Crippen molar-refractivity contribution in [2.24, 2.45) is 5.73 Å². The number of aliphatic carboxylic acids is 1. The van der Waals surface area contributed by atoms with E-state index in [1.54, 1.807) is 18.6 Å². The van der Waals surface area contributed by atoms with Gasteiger partial charge in [-0.25, -0.2) is 13.1 Å². The number of nitrogens with one attached hydrogen (secondary N) is 3. The zero-order chi connectivity index (χ0) is 42.5. The van der Waals surface area contributed by atoms with Crippen LogP contribution >= 0.6 is 30.6 Å². The van der Waals surface area contributed by atoms with Crippen LogP contribution in [0.15, 0.2) is 36.4 Å². The van der Waals surface area contributed by atoms with Crippen molar-refractivity contribution >= 4 is 70.1 Å². The topological polar surface area (TPSA) is 303 Å². The molecule has 7 N–H and O–H groups in total. The first-order chi connectivity index (χ1) is 25.1. The van der Waals surface area contributed by atoms with E-state index >= 15 is 0 Å². The first-order valence-corrected chi connectivity index (χ1v) is 20.0. The summed E-state index contributed by atoms with van der Waals surface area (Å²) < 4.78 is 77.9. The second-order valence-corrected chi connectivity index (χ2v) is 16.6. The van der Waals surface area contributed by atoms with Crippen molar-refractivity contribution in [3.63, 3.8) is 0 Å². The minimum atomic E-state index is -4.62. The number of alkyl halides is 3. The van der Waals surface area contributed by atoms with Gasteiger partial charge in [-0.15, -0.1) is 0 Å². The highest BCUT2D eigenvalue weighted by atomic mass is 35.5. The van der Waals surface area contributed by atoms with E-state index in [9.17, 15) is 45.9 Å². The summed E-state index contributed by atoms with van der Waals surface area (Å²) in [4.78, 5) is 52.9. The van der Waals surface area contributed by atoms with Crippen LogP contribution in [-0.4, -0.2) is 87.4 Å². The maximum Gasteiger partial charge on any atom is 0.416 e. The Bertz CT molecular complexity index is 2070. The number of anilines is 2. The number of halogens is 5. The van der Waals surface area contributed by atoms with E-state index in [1.165, 1.54) is 6.66 Å². The lowest BCUT2D eigenvalue weighted by Crippen LogP contribution is -2.30. The van der Waals surface area contributed by atoms with Gasteiger partial charge in [0.05, 0.1) is 27.8 Å². The minimum absolute atomic E-state index is 0.0412. The van der Waals surface area contributed by atoms with Gasteiger partial charge in [-0.2, -0.15) is 33.4 Å². The molecule has 0 saturated carbocycles. The highest BCUT2D eigenvalue weighted by Crippen LogP contribution is 2.37. The summed E-state index contributed by atoms with van der Waals surface area (Å²) in [6.45, 7) is 7.22. The number of sulfonamides is 1. The quantitative estimate of drug-likeness (QED) is 0.0739. The third-order valence-corrected chi connectivity index (χ3v) is 8.10. The van der Waals surface area contributed by atoms with E-state index in [4.69, 9.17) is 48.9 Å². The third-order valence-electron chi connectivity index (χ3n) is 5.99. The fourth-order valence-electron chi connectivity index (χ4n) is 3.48. The van der Waals surface area contributed by atoms with Crippen LogP contribution in [0.1, 0.15) is 43.1 Å². The zero-order valence-electron chi connectivity index (χ0n) is 29.4. The van der Waals surface area contributed by atoms with Gasteiger partial charge in [0.2, 0.25) is 27.2 Å². The van der Waals surface area contributed by atoms with Crippen LogP contribution in [0.5, 0.6) is 11.5 Å². The van der Waals surface area contributed by atoms with E-state index in [0.717, 1.165) is 24.3 Å². The fraction of sp³-hybridized carbons (Fsp3) is 0.379. The summed E-state index contributed by atoms with van der Waals surface area (Å²) in [5.41, 5.74) is 1.99. The van der Waals surface area contributed by atoms with Crippen molar-refractivity contribution in [2.45, 2.75) is 44.9 Å². The van der Waals surface area contributed by atoms with Crippen LogP contribution < -0.4 is 25.8 Å². The van der Waals surface area contributed by atoms with Crippen LogP contribution in [0.2, 0.25) is 10.3 Å². The van der Waals surface area contributed by atoms with Gasteiger partial charge >= 0.3 is 12.1 Å². The molecule has 2 unspecified atom stereocenters. The number of nitro benzene ring substituents is 1. The number of nitrogens with zero attached hydrogens (tertiary/aromatic N) is 5. The van der Waals surface area contributed by atoms with Gasteiger partial charge in [-0.1, -0.05) is 11.6 Å². The van der Waals surface area contributed by atoms with E-state index in [2.05, 4.69) is 31.7 Å². The molecule has 0 aliphatic carbocycles. The van der Waals surface area contributed by atoms with E-state index in [-0.39, 0.29) is 35.3 Å². The van der Waals surface area contributed by atoms with Crippen LogP contribution in [0.3, 0.4) is 0 Å². The molecule has 0 bridgehead atoms. The molecule has 0 aliphatic heterocycles. The molecule has 26 heteroatoms. The summed E-state index contributed by atoms with van der Waals surface area (Å²) in [6.07, 6.45) is -3.94. The third kappa shape index (κ3) is 18.4.